The Morgan fingerprint density at radius 2 is 1.85 bits per heavy atom. The number of ether oxygens (including phenoxy) is 1. The van der Waals surface area contributed by atoms with Crippen molar-refractivity contribution in [3.63, 3.8) is 0 Å². The number of imide groups is 1. The first-order valence-electron chi connectivity index (χ1n) is 8.72. The van der Waals surface area contributed by atoms with Crippen LogP contribution < -0.4 is 10.6 Å². The van der Waals surface area contributed by atoms with Crippen LogP contribution in [0.4, 0.5) is 4.79 Å². The van der Waals surface area contributed by atoms with Crippen LogP contribution in [0.15, 0.2) is 24.3 Å². The fourth-order valence-electron chi connectivity index (χ4n) is 2.99. The van der Waals surface area contributed by atoms with E-state index >= 15 is 0 Å². The Kier molecular flexibility index (Phi) is 6.02. The molecule has 1 fully saturated rings. The van der Waals surface area contributed by atoms with E-state index in [0.29, 0.717) is 18.1 Å². The quantitative estimate of drug-likeness (QED) is 0.724. The molecule has 7 nitrogen and oxygen atoms in total. The molecule has 0 bridgehead atoms. The molecular weight excluding hydrogens is 334 g/mol. The molecule has 142 valence electrons. The van der Waals surface area contributed by atoms with Gasteiger partial charge in [-0.05, 0) is 30.9 Å². The molecule has 1 aromatic rings. The summed E-state index contributed by atoms with van der Waals surface area (Å²) in [5, 5.41) is 5.41. The van der Waals surface area contributed by atoms with E-state index in [9.17, 15) is 14.4 Å². The molecule has 0 radical (unpaired) electrons. The minimum atomic E-state index is -1.18. The maximum Gasteiger partial charge on any atom is 0.325 e. The first kappa shape index (κ1) is 19.9. The van der Waals surface area contributed by atoms with Crippen LogP contribution in [0.1, 0.15) is 44.7 Å². The van der Waals surface area contributed by atoms with Crippen molar-refractivity contribution in [2.75, 3.05) is 20.3 Å². The average molecular weight is 361 g/mol. The van der Waals surface area contributed by atoms with Gasteiger partial charge in [0, 0.05) is 13.2 Å². The second-order valence-corrected chi connectivity index (χ2v) is 7.15. The smallest absolute Gasteiger partial charge is 0.325 e. The molecule has 0 saturated carbocycles. The van der Waals surface area contributed by atoms with Gasteiger partial charge in [0.05, 0.1) is 6.61 Å². The van der Waals surface area contributed by atoms with Gasteiger partial charge in [-0.1, -0.05) is 38.1 Å². The summed E-state index contributed by atoms with van der Waals surface area (Å²) in [6, 6.07) is 6.82. The third-order valence-corrected chi connectivity index (χ3v) is 4.56. The van der Waals surface area contributed by atoms with Gasteiger partial charge in [-0.25, -0.2) is 4.79 Å². The van der Waals surface area contributed by atoms with Crippen LogP contribution >= 0.6 is 0 Å². The van der Waals surface area contributed by atoms with E-state index in [1.807, 2.05) is 24.3 Å². The zero-order valence-corrected chi connectivity index (χ0v) is 16.0. The average Bonchev–Trinajstić information content (AvgIpc) is 2.79. The van der Waals surface area contributed by atoms with Crippen LogP contribution in [0, 0.1) is 0 Å². The number of hydrogen-bond donors (Lipinski definition) is 2. The topological polar surface area (TPSA) is 87.7 Å². The molecule has 0 aromatic heterocycles. The Labute approximate surface area is 154 Å². The van der Waals surface area contributed by atoms with Crippen molar-refractivity contribution in [2.24, 2.45) is 0 Å². The van der Waals surface area contributed by atoms with Crippen LogP contribution in [-0.4, -0.2) is 49.0 Å². The minimum absolute atomic E-state index is 0.205. The molecule has 1 heterocycles. The molecule has 1 aromatic carbocycles. The summed E-state index contributed by atoms with van der Waals surface area (Å²) in [4.78, 5) is 38.2. The maximum absolute atomic E-state index is 12.8. The number of benzene rings is 1. The Morgan fingerprint density at radius 1 is 1.23 bits per heavy atom. The molecule has 4 amide bonds. The van der Waals surface area contributed by atoms with Gasteiger partial charge in [0.15, 0.2) is 0 Å². The second-order valence-electron chi connectivity index (χ2n) is 7.15. The number of urea groups is 1. The van der Waals surface area contributed by atoms with Crippen LogP contribution in [-0.2, 0) is 19.9 Å². The Morgan fingerprint density at radius 3 is 2.38 bits per heavy atom. The van der Waals surface area contributed by atoms with Gasteiger partial charge < -0.3 is 15.4 Å². The van der Waals surface area contributed by atoms with Gasteiger partial charge in [-0.2, -0.15) is 0 Å². The molecule has 0 spiro atoms. The Hall–Kier alpha value is -2.41. The van der Waals surface area contributed by atoms with Crippen molar-refractivity contribution in [2.45, 2.75) is 45.2 Å². The van der Waals surface area contributed by atoms with E-state index in [1.165, 1.54) is 7.11 Å². The molecule has 1 aliphatic rings. The number of amides is 4. The van der Waals surface area contributed by atoms with Crippen molar-refractivity contribution in [1.82, 2.24) is 15.5 Å². The zero-order chi connectivity index (χ0) is 19.5. The van der Waals surface area contributed by atoms with Crippen molar-refractivity contribution in [3.05, 3.63) is 35.4 Å². The van der Waals surface area contributed by atoms with E-state index < -0.39 is 23.4 Å². The molecule has 2 rings (SSSR count). The summed E-state index contributed by atoms with van der Waals surface area (Å²) in [6.45, 7) is 7.65. The van der Waals surface area contributed by atoms with E-state index in [1.54, 1.807) is 13.8 Å². The maximum atomic E-state index is 12.8. The summed E-state index contributed by atoms with van der Waals surface area (Å²) in [5.74, 6) is -0.466. The van der Waals surface area contributed by atoms with Gasteiger partial charge in [0.1, 0.15) is 12.1 Å². The number of methoxy groups -OCH3 is 1. The molecule has 2 atom stereocenters. The minimum Gasteiger partial charge on any atom is -0.383 e. The highest BCUT2D eigenvalue weighted by atomic mass is 16.5. The lowest BCUT2D eigenvalue weighted by Gasteiger charge is -2.23. The first-order valence-corrected chi connectivity index (χ1v) is 8.72. The summed E-state index contributed by atoms with van der Waals surface area (Å²) in [5.41, 5.74) is 0.666. The Bertz CT molecular complexity index is 687. The number of hydrogen-bond acceptors (Lipinski definition) is 4. The normalized spacial score (nSPS) is 21.1. The second kappa shape index (κ2) is 7.86. The standard InChI is InChI=1S/C19H27N3O4/c1-12(2)14-6-8-15(9-7-14)19(4)17(24)22(18(25)21-19)10-16(23)20-13(3)11-26-5/h6-9,12-13H,10-11H2,1-5H3,(H,20,23)(H,21,25)/t13-,19+/m1/s1. The van der Waals surface area contributed by atoms with Crippen molar-refractivity contribution < 1.29 is 19.1 Å². The van der Waals surface area contributed by atoms with E-state index in [4.69, 9.17) is 4.74 Å². The number of rotatable bonds is 7. The van der Waals surface area contributed by atoms with Gasteiger partial charge in [0.25, 0.3) is 5.91 Å². The fourth-order valence-corrected chi connectivity index (χ4v) is 2.99. The third kappa shape index (κ3) is 4.04. The molecule has 1 saturated heterocycles. The molecule has 7 heteroatoms. The van der Waals surface area contributed by atoms with Crippen molar-refractivity contribution >= 4 is 17.8 Å². The highest BCUT2D eigenvalue weighted by molar-refractivity contribution is 6.09. The lowest BCUT2D eigenvalue weighted by molar-refractivity contribution is -0.135. The van der Waals surface area contributed by atoms with Crippen LogP contribution in [0.5, 0.6) is 0 Å². The van der Waals surface area contributed by atoms with Crippen molar-refractivity contribution in [3.8, 4) is 0 Å². The third-order valence-electron chi connectivity index (χ3n) is 4.56. The summed E-state index contributed by atoms with van der Waals surface area (Å²) in [7, 11) is 1.54. The predicted octanol–water partition coefficient (Wildman–Crippen LogP) is 1.73. The highest BCUT2D eigenvalue weighted by Crippen LogP contribution is 2.29. The van der Waals surface area contributed by atoms with Gasteiger partial charge in [-0.15, -0.1) is 0 Å². The first-order chi connectivity index (χ1) is 12.2. The lowest BCUT2D eigenvalue weighted by Crippen LogP contribution is -2.45. The van der Waals surface area contributed by atoms with Crippen LogP contribution in [0.3, 0.4) is 0 Å². The van der Waals surface area contributed by atoms with Gasteiger partial charge in [0.2, 0.25) is 5.91 Å². The van der Waals surface area contributed by atoms with Crippen LogP contribution in [0.2, 0.25) is 0 Å². The van der Waals surface area contributed by atoms with Crippen LogP contribution in [0.25, 0.3) is 0 Å². The van der Waals surface area contributed by atoms with E-state index in [0.717, 1.165) is 10.5 Å². The van der Waals surface area contributed by atoms with Crippen molar-refractivity contribution in [1.29, 1.82) is 0 Å². The molecule has 0 aliphatic carbocycles. The summed E-state index contributed by atoms with van der Waals surface area (Å²) >= 11 is 0. The predicted molar refractivity (Wildman–Crippen MR) is 97.6 cm³/mol. The highest BCUT2D eigenvalue weighted by Gasteiger charge is 2.49. The lowest BCUT2D eigenvalue weighted by atomic mass is 9.90. The van der Waals surface area contributed by atoms with Gasteiger partial charge >= 0.3 is 6.03 Å². The molecule has 26 heavy (non-hydrogen) atoms. The van der Waals surface area contributed by atoms with E-state index in [-0.39, 0.29) is 12.6 Å². The number of nitrogens with zero attached hydrogens (tertiary/aromatic N) is 1. The molecule has 1 aliphatic heterocycles. The monoisotopic (exact) mass is 361 g/mol. The summed E-state index contributed by atoms with van der Waals surface area (Å²) in [6.07, 6.45) is 0. The van der Waals surface area contributed by atoms with E-state index in [2.05, 4.69) is 24.5 Å². The number of carbonyl (C=O) groups excluding carboxylic acids is 3. The number of carbonyl (C=O) groups is 3. The SMILES string of the molecule is COC[C@@H](C)NC(=O)CN1C(=O)N[C@@](C)(c2ccc(C(C)C)cc2)C1=O. The van der Waals surface area contributed by atoms with Gasteiger partial charge in [-0.3, -0.25) is 14.5 Å². The fraction of sp³-hybridized carbons (Fsp3) is 0.526. The zero-order valence-electron chi connectivity index (χ0n) is 16.0. The molecular formula is C19H27N3O4. The Balaban J connectivity index is 2.12. The molecule has 2 N–H and O–H groups in total. The summed E-state index contributed by atoms with van der Waals surface area (Å²) < 4.78 is 4.96. The number of nitrogens with one attached hydrogen (secondary N) is 2. The largest absolute Gasteiger partial charge is 0.383 e. The molecule has 0 unspecified atom stereocenters.